The first kappa shape index (κ1) is 12.0. The Labute approximate surface area is 113 Å². The van der Waals surface area contributed by atoms with Gasteiger partial charge in [-0.3, -0.25) is 4.98 Å². The molecule has 0 saturated heterocycles. The van der Waals surface area contributed by atoms with Crippen molar-refractivity contribution >= 4 is 5.69 Å². The number of nitrogens with zero attached hydrogens (tertiary/aromatic N) is 1. The van der Waals surface area contributed by atoms with E-state index in [4.69, 9.17) is 10.5 Å². The fourth-order valence-electron chi connectivity index (χ4n) is 1.99. The van der Waals surface area contributed by atoms with Crippen LogP contribution in [0, 0.1) is 12.8 Å². The molecular weight excluding hydrogens is 236 g/mol. The van der Waals surface area contributed by atoms with Gasteiger partial charge in [-0.25, -0.2) is 0 Å². The van der Waals surface area contributed by atoms with E-state index in [0.29, 0.717) is 5.69 Å². The van der Waals surface area contributed by atoms with Crippen molar-refractivity contribution in [1.29, 1.82) is 0 Å². The topological polar surface area (TPSA) is 48.1 Å². The Hall–Kier alpha value is -2.03. The highest BCUT2D eigenvalue weighted by molar-refractivity contribution is 5.70. The minimum atomic E-state index is 0.693. The van der Waals surface area contributed by atoms with Gasteiger partial charge < -0.3 is 10.5 Å². The van der Waals surface area contributed by atoms with Crippen LogP contribution >= 0.6 is 0 Å². The van der Waals surface area contributed by atoms with Crippen LogP contribution in [-0.2, 0) is 0 Å². The largest absolute Gasteiger partial charge is 0.491 e. The van der Waals surface area contributed by atoms with Crippen molar-refractivity contribution < 1.29 is 4.74 Å². The number of ether oxygens (including phenoxy) is 1. The van der Waals surface area contributed by atoms with Crippen LogP contribution in [0.3, 0.4) is 0 Å². The van der Waals surface area contributed by atoms with Gasteiger partial charge in [-0.05, 0) is 49.4 Å². The van der Waals surface area contributed by atoms with E-state index in [-0.39, 0.29) is 0 Å². The first-order valence-corrected chi connectivity index (χ1v) is 6.68. The smallest absolute Gasteiger partial charge is 0.142 e. The van der Waals surface area contributed by atoms with E-state index < -0.39 is 0 Å². The zero-order chi connectivity index (χ0) is 13.2. The van der Waals surface area contributed by atoms with Crippen molar-refractivity contribution in [3.05, 3.63) is 42.2 Å². The van der Waals surface area contributed by atoms with Gasteiger partial charge in [-0.15, -0.1) is 0 Å². The first-order valence-electron chi connectivity index (χ1n) is 6.68. The number of nitrogens with two attached hydrogens (primary N) is 1. The van der Waals surface area contributed by atoms with Crippen molar-refractivity contribution in [3.63, 3.8) is 0 Å². The SMILES string of the molecule is Cc1ccc(-c2ccc(OCC3CC3)c(N)c2)cn1. The maximum atomic E-state index is 6.05. The highest BCUT2D eigenvalue weighted by atomic mass is 16.5. The summed E-state index contributed by atoms with van der Waals surface area (Å²) in [5, 5.41) is 0. The van der Waals surface area contributed by atoms with E-state index >= 15 is 0 Å². The fraction of sp³-hybridized carbons (Fsp3) is 0.312. The number of aryl methyl sites for hydroxylation is 1. The fourth-order valence-corrected chi connectivity index (χ4v) is 1.99. The number of rotatable bonds is 4. The number of pyridine rings is 1. The molecule has 2 N–H and O–H groups in total. The number of nitrogen functional groups attached to an aromatic ring is 1. The lowest BCUT2D eigenvalue weighted by molar-refractivity contribution is 0.301. The summed E-state index contributed by atoms with van der Waals surface area (Å²) in [6.07, 6.45) is 4.44. The molecule has 1 aromatic heterocycles. The summed E-state index contributed by atoms with van der Waals surface area (Å²) in [5.41, 5.74) is 9.91. The average molecular weight is 254 g/mol. The highest BCUT2D eigenvalue weighted by Gasteiger charge is 2.22. The average Bonchev–Trinajstić information content (AvgIpc) is 3.22. The monoisotopic (exact) mass is 254 g/mol. The quantitative estimate of drug-likeness (QED) is 0.850. The number of aromatic nitrogens is 1. The lowest BCUT2D eigenvalue weighted by Gasteiger charge is -2.10. The van der Waals surface area contributed by atoms with Crippen LogP contribution in [0.4, 0.5) is 5.69 Å². The molecule has 0 amide bonds. The first-order chi connectivity index (χ1) is 9.22. The number of benzene rings is 1. The molecule has 3 rings (SSSR count). The Morgan fingerprint density at radius 3 is 2.63 bits per heavy atom. The third kappa shape index (κ3) is 2.87. The van der Waals surface area contributed by atoms with Crippen molar-refractivity contribution in [2.24, 2.45) is 5.92 Å². The molecule has 1 fully saturated rings. The second-order valence-corrected chi connectivity index (χ2v) is 5.20. The van der Waals surface area contributed by atoms with E-state index in [9.17, 15) is 0 Å². The Morgan fingerprint density at radius 1 is 1.21 bits per heavy atom. The molecule has 0 radical (unpaired) electrons. The third-order valence-electron chi connectivity index (χ3n) is 3.43. The van der Waals surface area contributed by atoms with Gasteiger partial charge in [-0.2, -0.15) is 0 Å². The van der Waals surface area contributed by atoms with Crippen LogP contribution in [0.5, 0.6) is 5.75 Å². The normalized spacial score (nSPS) is 14.4. The lowest BCUT2D eigenvalue weighted by atomic mass is 10.1. The van der Waals surface area contributed by atoms with Gasteiger partial charge >= 0.3 is 0 Å². The van der Waals surface area contributed by atoms with Crippen LogP contribution in [0.25, 0.3) is 11.1 Å². The zero-order valence-corrected chi connectivity index (χ0v) is 11.1. The van der Waals surface area contributed by atoms with Crippen molar-refractivity contribution in [2.45, 2.75) is 19.8 Å². The second kappa shape index (κ2) is 4.92. The molecule has 3 nitrogen and oxygen atoms in total. The molecule has 19 heavy (non-hydrogen) atoms. The minimum absolute atomic E-state index is 0.693. The van der Waals surface area contributed by atoms with Gasteiger partial charge in [0.2, 0.25) is 0 Å². The molecule has 1 saturated carbocycles. The molecule has 0 atom stereocenters. The van der Waals surface area contributed by atoms with E-state index in [1.165, 1.54) is 12.8 Å². The molecule has 0 unspecified atom stereocenters. The molecule has 1 aliphatic rings. The Morgan fingerprint density at radius 2 is 2.00 bits per heavy atom. The Kier molecular flexibility index (Phi) is 3.11. The predicted octanol–water partition coefficient (Wildman–Crippen LogP) is 3.43. The Balaban J connectivity index is 1.79. The molecule has 1 aliphatic carbocycles. The Bertz CT molecular complexity index is 574. The van der Waals surface area contributed by atoms with Crippen molar-refractivity contribution in [3.8, 4) is 16.9 Å². The zero-order valence-electron chi connectivity index (χ0n) is 11.1. The summed E-state index contributed by atoms with van der Waals surface area (Å²) in [7, 11) is 0. The van der Waals surface area contributed by atoms with Crippen LogP contribution in [-0.4, -0.2) is 11.6 Å². The summed E-state index contributed by atoms with van der Waals surface area (Å²) in [5.74, 6) is 1.52. The van der Waals surface area contributed by atoms with Gasteiger partial charge in [0.05, 0.1) is 12.3 Å². The number of hydrogen-bond donors (Lipinski definition) is 1. The van der Waals surface area contributed by atoms with Crippen LogP contribution in [0.15, 0.2) is 36.5 Å². The van der Waals surface area contributed by atoms with Gasteiger partial charge in [0, 0.05) is 17.5 Å². The van der Waals surface area contributed by atoms with Crippen LogP contribution < -0.4 is 10.5 Å². The van der Waals surface area contributed by atoms with Gasteiger partial charge in [0.1, 0.15) is 5.75 Å². The summed E-state index contributed by atoms with van der Waals surface area (Å²) in [4.78, 5) is 4.30. The minimum Gasteiger partial charge on any atom is -0.491 e. The summed E-state index contributed by atoms with van der Waals surface area (Å²) in [6.45, 7) is 2.77. The van der Waals surface area contributed by atoms with Crippen molar-refractivity contribution in [1.82, 2.24) is 4.98 Å². The number of hydrogen-bond acceptors (Lipinski definition) is 3. The summed E-state index contributed by atoms with van der Waals surface area (Å²) in [6, 6.07) is 10.00. The van der Waals surface area contributed by atoms with Crippen LogP contribution in [0.2, 0.25) is 0 Å². The van der Waals surface area contributed by atoms with E-state index in [0.717, 1.165) is 35.1 Å². The number of anilines is 1. The van der Waals surface area contributed by atoms with Gasteiger partial charge in [0.25, 0.3) is 0 Å². The molecular formula is C16H18N2O. The third-order valence-corrected chi connectivity index (χ3v) is 3.43. The van der Waals surface area contributed by atoms with E-state index in [1.54, 1.807) is 0 Å². The van der Waals surface area contributed by atoms with Gasteiger partial charge in [0.15, 0.2) is 0 Å². The maximum absolute atomic E-state index is 6.05. The molecule has 3 heteroatoms. The second-order valence-electron chi connectivity index (χ2n) is 5.20. The molecule has 0 aliphatic heterocycles. The molecule has 2 aromatic rings. The van der Waals surface area contributed by atoms with E-state index in [2.05, 4.69) is 11.1 Å². The molecule has 1 heterocycles. The van der Waals surface area contributed by atoms with Gasteiger partial charge in [-0.1, -0.05) is 12.1 Å². The maximum Gasteiger partial charge on any atom is 0.142 e. The summed E-state index contributed by atoms with van der Waals surface area (Å²) < 4.78 is 5.73. The lowest BCUT2D eigenvalue weighted by Crippen LogP contribution is -2.01. The molecule has 1 aromatic carbocycles. The predicted molar refractivity (Wildman–Crippen MR) is 77.0 cm³/mol. The van der Waals surface area contributed by atoms with E-state index in [1.807, 2.05) is 37.4 Å². The molecule has 0 bridgehead atoms. The van der Waals surface area contributed by atoms with Crippen molar-refractivity contribution in [2.75, 3.05) is 12.3 Å². The standard InChI is InChI=1S/C16H18N2O/c1-11-2-5-14(9-18-11)13-6-7-16(15(17)8-13)19-10-12-3-4-12/h2,5-9,12H,3-4,10,17H2,1H3. The van der Waals surface area contributed by atoms with Crippen LogP contribution in [0.1, 0.15) is 18.5 Å². The summed E-state index contributed by atoms with van der Waals surface area (Å²) >= 11 is 0. The molecule has 0 spiro atoms. The molecule has 98 valence electrons. The highest BCUT2D eigenvalue weighted by Crippen LogP contribution is 2.32.